The minimum absolute atomic E-state index is 0. The minimum Gasteiger partial charge on any atom is -0.330 e. The number of hydrogen-bond acceptors (Lipinski definition) is 3. The van der Waals surface area contributed by atoms with Gasteiger partial charge in [0.25, 0.3) is 0 Å². The third-order valence-electron chi connectivity index (χ3n) is 4.23. The first-order chi connectivity index (χ1) is 9.78. The fourth-order valence-electron chi connectivity index (χ4n) is 2.95. The summed E-state index contributed by atoms with van der Waals surface area (Å²) >= 11 is 3.61. The van der Waals surface area contributed by atoms with Gasteiger partial charge in [-0.15, -0.1) is 12.4 Å². The molecule has 1 aromatic heterocycles. The van der Waals surface area contributed by atoms with Crippen molar-refractivity contribution in [2.24, 2.45) is 11.7 Å². The summed E-state index contributed by atoms with van der Waals surface area (Å²) in [6, 6.07) is 8.43. The smallest absolute Gasteiger partial charge is 0.0758 e. The molecule has 1 aliphatic heterocycles. The first-order valence-electron chi connectivity index (χ1n) is 7.22. The van der Waals surface area contributed by atoms with Crippen LogP contribution in [0.25, 0.3) is 10.9 Å². The Hall–Kier alpha value is -0.680. The molecule has 21 heavy (non-hydrogen) atoms. The van der Waals surface area contributed by atoms with Crippen molar-refractivity contribution in [3.63, 3.8) is 0 Å². The van der Waals surface area contributed by atoms with Gasteiger partial charge in [0, 0.05) is 22.6 Å². The molecule has 0 saturated carbocycles. The summed E-state index contributed by atoms with van der Waals surface area (Å²) < 4.78 is 1.12. The molecule has 1 fully saturated rings. The Morgan fingerprint density at radius 3 is 2.71 bits per heavy atom. The van der Waals surface area contributed by atoms with Crippen molar-refractivity contribution in [2.75, 3.05) is 19.6 Å². The number of pyridine rings is 1. The van der Waals surface area contributed by atoms with E-state index in [0.717, 1.165) is 36.2 Å². The number of fused-ring (bicyclic) bond motifs is 1. The molecule has 1 saturated heterocycles. The van der Waals surface area contributed by atoms with Gasteiger partial charge in [-0.3, -0.25) is 9.88 Å². The minimum atomic E-state index is 0. The van der Waals surface area contributed by atoms with E-state index in [9.17, 15) is 0 Å². The molecule has 2 aromatic rings. The summed E-state index contributed by atoms with van der Waals surface area (Å²) in [5.74, 6) is 0.714. The molecule has 0 aliphatic carbocycles. The quantitative estimate of drug-likeness (QED) is 0.898. The molecule has 0 atom stereocenters. The summed E-state index contributed by atoms with van der Waals surface area (Å²) in [6.07, 6.45) is 4.32. The molecule has 1 aliphatic rings. The van der Waals surface area contributed by atoms with E-state index in [2.05, 4.69) is 44.0 Å². The molecule has 3 rings (SSSR count). The van der Waals surface area contributed by atoms with Crippen LogP contribution in [0.2, 0.25) is 0 Å². The normalized spacial score (nSPS) is 16.9. The lowest BCUT2D eigenvalue weighted by atomic mass is 9.96. The Labute approximate surface area is 140 Å². The highest BCUT2D eigenvalue weighted by Crippen LogP contribution is 2.27. The maximum atomic E-state index is 5.76. The molecule has 0 amide bonds. The van der Waals surface area contributed by atoms with E-state index in [1.54, 1.807) is 0 Å². The zero-order chi connectivity index (χ0) is 13.9. The van der Waals surface area contributed by atoms with Gasteiger partial charge in [0.2, 0.25) is 0 Å². The van der Waals surface area contributed by atoms with Gasteiger partial charge in [0.1, 0.15) is 0 Å². The highest BCUT2D eigenvalue weighted by Gasteiger charge is 2.18. The molecule has 0 spiro atoms. The van der Waals surface area contributed by atoms with Gasteiger partial charge < -0.3 is 5.73 Å². The summed E-state index contributed by atoms with van der Waals surface area (Å²) in [5, 5.41) is 1.20. The second-order valence-corrected chi connectivity index (χ2v) is 6.42. The van der Waals surface area contributed by atoms with Gasteiger partial charge in [0.05, 0.1) is 5.52 Å². The molecule has 0 radical (unpaired) electrons. The van der Waals surface area contributed by atoms with Crippen LogP contribution in [-0.2, 0) is 6.54 Å². The SMILES string of the molecule is Cl.NCC1CCN(Cc2ccc(Br)c3cccnc23)CC1. The summed E-state index contributed by atoms with van der Waals surface area (Å²) in [6.45, 7) is 4.10. The molecule has 5 heteroatoms. The van der Waals surface area contributed by atoms with E-state index in [1.165, 1.54) is 23.8 Å². The highest BCUT2D eigenvalue weighted by atomic mass is 79.9. The number of hydrogen-bond donors (Lipinski definition) is 1. The van der Waals surface area contributed by atoms with Crippen LogP contribution in [0.3, 0.4) is 0 Å². The van der Waals surface area contributed by atoms with Gasteiger partial charge in [-0.1, -0.05) is 28.1 Å². The molecular weight excluding hydrogens is 350 g/mol. The average molecular weight is 371 g/mol. The lowest BCUT2D eigenvalue weighted by Gasteiger charge is -2.31. The van der Waals surface area contributed by atoms with E-state index in [-0.39, 0.29) is 12.4 Å². The third kappa shape index (κ3) is 3.75. The number of piperidine rings is 1. The molecule has 2 heterocycles. The fourth-order valence-corrected chi connectivity index (χ4v) is 3.40. The van der Waals surface area contributed by atoms with Gasteiger partial charge in [-0.05, 0) is 56.1 Å². The van der Waals surface area contributed by atoms with Crippen molar-refractivity contribution in [1.29, 1.82) is 0 Å². The zero-order valence-electron chi connectivity index (χ0n) is 12.0. The summed E-state index contributed by atoms with van der Waals surface area (Å²) in [7, 11) is 0. The van der Waals surface area contributed by atoms with Crippen molar-refractivity contribution in [3.05, 3.63) is 40.5 Å². The van der Waals surface area contributed by atoms with E-state index in [0.29, 0.717) is 5.92 Å². The van der Waals surface area contributed by atoms with Crippen molar-refractivity contribution in [1.82, 2.24) is 9.88 Å². The maximum absolute atomic E-state index is 5.76. The lowest BCUT2D eigenvalue weighted by Crippen LogP contribution is -2.35. The van der Waals surface area contributed by atoms with E-state index >= 15 is 0 Å². The summed E-state index contributed by atoms with van der Waals surface area (Å²) in [4.78, 5) is 7.08. The Bertz CT molecular complexity index is 597. The van der Waals surface area contributed by atoms with Crippen LogP contribution in [0, 0.1) is 5.92 Å². The van der Waals surface area contributed by atoms with Gasteiger partial charge in [-0.2, -0.15) is 0 Å². The average Bonchev–Trinajstić information content (AvgIpc) is 2.51. The second-order valence-electron chi connectivity index (χ2n) is 5.56. The van der Waals surface area contributed by atoms with Crippen LogP contribution < -0.4 is 5.73 Å². The van der Waals surface area contributed by atoms with Crippen LogP contribution in [0.1, 0.15) is 18.4 Å². The van der Waals surface area contributed by atoms with Crippen LogP contribution >= 0.6 is 28.3 Å². The zero-order valence-corrected chi connectivity index (χ0v) is 14.4. The predicted molar refractivity (Wildman–Crippen MR) is 93.7 cm³/mol. The Kier molecular flexibility index (Phi) is 5.99. The Morgan fingerprint density at radius 2 is 2.00 bits per heavy atom. The lowest BCUT2D eigenvalue weighted by molar-refractivity contribution is 0.181. The van der Waals surface area contributed by atoms with Crippen LogP contribution in [0.15, 0.2) is 34.9 Å². The number of likely N-dealkylation sites (tertiary alicyclic amines) is 1. The van der Waals surface area contributed by atoms with Crippen LogP contribution in [0.4, 0.5) is 0 Å². The number of benzene rings is 1. The largest absolute Gasteiger partial charge is 0.330 e. The number of halogens is 2. The van der Waals surface area contributed by atoms with Crippen molar-refractivity contribution >= 4 is 39.2 Å². The van der Waals surface area contributed by atoms with Crippen LogP contribution in [-0.4, -0.2) is 29.5 Å². The summed E-state index contributed by atoms with van der Waals surface area (Å²) in [5.41, 5.74) is 8.19. The maximum Gasteiger partial charge on any atom is 0.0758 e. The highest BCUT2D eigenvalue weighted by molar-refractivity contribution is 9.10. The van der Waals surface area contributed by atoms with E-state index in [1.807, 2.05) is 12.3 Å². The van der Waals surface area contributed by atoms with Gasteiger partial charge in [-0.25, -0.2) is 0 Å². The predicted octanol–water partition coefficient (Wildman–Crippen LogP) is 3.59. The molecule has 3 nitrogen and oxygen atoms in total. The third-order valence-corrected chi connectivity index (χ3v) is 4.93. The number of nitrogens with zero attached hydrogens (tertiary/aromatic N) is 2. The van der Waals surface area contributed by atoms with Crippen molar-refractivity contribution < 1.29 is 0 Å². The first kappa shape index (κ1) is 16.7. The van der Waals surface area contributed by atoms with Gasteiger partial charge in [0.15, 0.2) is 0 Å². The Morgan fingerprint density at radius 1 is 1.24 bits per heavy atom. The molecule has 0 bridgehead atoms. The van der Waals surface area contributed by atoms with Crippen LogP contribution in [0.5, 0.6) is 0 Å². The standard InChI is InChI=1S/C16H20BrN3.ClH/c17-15-4-3-13(16-14(15)2-1-7-19-16)11-20-8-5-12(10-18)6-9-20;/h1-4,7,12H,5-6,8-11,18H2;1H. The second kappa shape index (κ2) is 7.54. The number of aromatic nitrogens is 1. The number of rotatable bonds is 3. The van der Waals surface area contributed by atoms with E-state index < -0.39 is 0 Å². The van der Waals surface area contributed by atoms with Crippen molar-refractivity contribution in [2.45, 2.75) is 19.4 Å². The van der Waals surface area contributed by atoms with Gasteiger partial charge >= 0.3 is 0 Å². The monoisotopic (exact) mass is 369 g/mol. The molecular formula is C16H21BrClN3. The molecule has 1 aromatic carbocycles. The number of nitrogens with two attached hydrogens (primary N) is 1. The fraction of sp³-hybridized carbons (Fsp3) is 0.438. The topological polar surface area (TPSA) is 42.1 Å². The molecule has 0 unspecified atom stereocenters. The van der Waals surface area contributed by atoms with Crippen molar-refractivity contribution in [3.8, 4) is 0 Å². The molecule has 2 N–H and O–H groups in total. The first-order valence-corrected chi connectivity index (χ1v) is 8.02. The molecule has 114 valence electrons. The van der Waals surface area contributed by atoms with E-state index in [4.69, 9.17) is 5.73 Å². The Balaban J connectivity index is 0.00000161.